The van der Waals surface area contributed by atoms with Crippen molar-refractivity contribution in [2.45, 2.75) is 45.0 Å². The maximum atomic E-state index is 12.7. The van der Waals surface area contributed by atoms with E-state index in [9.17, 15) is 22.8 Å². The molecule has 2 aliphatic rings. The highest BCUT2D eigenvalue weighted by atomic mass is 32.3. The van der Waals surface area contributed by atoms with Crippen LogP contribution in [0.5, 0.6) is 0 Å². The zero-order valence-corrected chi connectivity index (χ0v) is 17.2. The summed E-state index contributed by atoms with van der Waals surface area (Å²) in [6.07, 6.45) is 0.710. The predicted octanol–water partition coefficient (Wildman–Crippen LogP) is -0.539. The van der Waals surface area contributed by atoms with Gasteiger partial charge in [0.25, 0.3) is 0 Å². The van der Waals surface area contributed by atoms with E-state index in [1.54, 1.807) is 20.8 Å². The summed E-state index contributed by atoms with van der Waals surface area (Å²) in [6, 6.07) is -2.55. The third-order valence-corrected chi connectivity index (χ3v) is 4.64. The van der Waals surface area contributed by atoms with Crippen molar-refractivity contribution < 1.29 is 36.4 Å². The number of rotatable bonds is 6. The molecule has 0 aromatic carbocycles. The van der Waals surface area contributed by atoms with E-state index >= 15 is 0 Å². The summed E-state index contributed by atoms with van der Waals surface area (Å²) < 4.78 is 42.2. The number of hydrogen-bond acceptors (Lipinski definition) is 8. The molecule has 14 nitrogen and oxygen atoms in total. The van der Waals surface area contributed by atoms with Crippen molar-refractivity contribution in [1.82, 2.24) is 25.1 Å². The fraction of sp³-hybridized carbons (Fsp3) is 0.600. The Balaban J connectivity index is 1.91. The molecule has 166 valence electrons. The van der Waals surface area contributed by atoms with Gasteiger partial charge in [-0.15, -0.1) is 4.28 Å². The number of nitrogens with zero attached hydrogens (tertiary/aromatic N) is 4. The Morgan fingerprint density at radius 1 is 1.40 bits per heavy atom. The second-order valence-corrected chi connectivity index (χ2v) is 8.82. The summed E-state index contributed by atoms with van der Waals surface area (Å²) in [4.78, 5) is 37.2. The lowest BCUT2D eigenvalue weighted by molar-refractivity contribution is -0.118. The Kier molecular flexibility index (Phi) is 5.38. The Labute approximate surface area is 171 Å². The number of ether oxygens (including phenoxy) is 1. The predicted molar refractivity (Wildman–Crippen MR) is 97.7 cm³/mol. The number of urea groups is 1. The summed E-state index contributed by atoms with van der Waals surface area (Å²) in [5, 5.41) is 7.32. The lowest BCUT2D eigenvalue weighted by Crippen LogP contribution is -2.42. The summed E-state index contributed by atoms with van der Waals surface area (Å²) in [5.41, 5.74) is 5.17. The van der Waals surface area contributed by atoms with Gasteiger partial charge in [0.2, 0.25) is 5.91 Å². The van der Waals surface area contributed by atoms with Crippen molar-refractivity contribution in [1.29, 1.82) is 0 Å². The first-order chi connectivity index (χ1) is 13.7. The minimum absolute atomic E-state index is 0.00425. The average Bonchev–Trinajstić information content (AvgIpc) is 3.07. The third kappa shape index (κ3) is 4.63. The van der Waals surface area contributed by atoms with Crippen molar-refractivity contribution in [2.24, 2.45) is 5.73 Å². The largest absolute Gasteiger partial charge is 0.444 e. The molecule has 15 heteroatoms. The third-order valence-electron chi connectivity index (χ3n) is 4.29. The SMILES string of the molecule is CC(C)(C)OC(=O)NC[C@@H]1c2nn(CC(N)=O)cc2[C@H]2CN1C(=O)N2OS(=O)(=O)O. The van der Waals surface area contributed by atoms with Gasteiger partial charge in [0, 0.05) is 18.3 Å². The molecule has 2 bridgehead atoms. The van der Waals surface area contributed by atoms with E-state index in [0.29, 0.717) is 16.3 Å². The van der Waals surface area contributed by atoms with E-state index in [0.717, 1.165) is 0 Å². The molecular formula is C15H22N6O8S. The molecule has 4 N–H and O–H groups in total. The van der Waals surface area contributed by atoms with Crippen LogP contribution in [0.1, 0.15) is 44.1 Å². The van der Waals surface area contributed by atoms with Gasteiger partial charge < -0.3 is 20.7 Å². The molecule has 30 heavy (non-hydrogen) atoms. The molecule has 0 spiro atoms. The number of carbonyl (C=O) groups excluding carboxylic acids is 3. The van der Waals surface area contributed by atoms with Crippen LogP contribution < -0.4 is 11.1 Å². The number of hydroxylamine groups is 2. The van der Waals surface area contributed by atoms with E-state index in [2.05, 4.69) is 14.7 Å². The number of fused-ring (bicyclic) bond motifs is 4. The number of alkyl carbamates (subject to hydrolysis) is 1. The van der Waals surface area contributed by atoms with E-state index < -0.39 is 46.1 Å². The number of carbonyl (C=O) groups is 3. The molecule has 2 atom stereocenters. The topological polar surface area (TPSA) is 186 Å². The molecule has 1 saturated heterocycles. The quantitative estimate of drug-likeness (QED) is 0.482. The maximum absolute atomic E-state index is 12.7. The minimum Gasteiger partial charge on any atom is -0.444 e. The van der Waals surface area contributed by atoms with Gasteiger partial charge in [-0.3, -0.25) is 14.0 Å². The Hall–Kier alpha value is -2.91. The molecule has 1 fully saturated rings. The molecule has 1 aromatic rings. The molecule has 3 heterocycles. The fourth-order valence-corrected chi connectivity index (χ4v) is 3.70. The van der Waals surface area contributed by atoms with Crippen molar-refractivity contribution >= 4 is 28.4 Å². The molecule has 3 rings (SSSR count). The molecule has 0 saturated carbocycles. The van der Waals surface area contributed by atoms with Crippen LogP contribution in [0, 0.1) is 0 Å². The first-order valence-electron chi connectivity index (χ1n) is 8.84. The fourth-order valence-electron chi connectivity index (χ4n) is 3.33. The average molecular weight is 446 g/mol. The highest BCUT2D eigenvalue weighted by Gasteiger charge is 2.51. The van der Waals surface area contributed by atoms with E-state index in [1.807, 2.05) is 0 Å². The standard InChI is InChI=1S/C15H22N6O8S/c1-15(2,3)28-13(23)17-4-9-12-8(5-19(18-12)7-11(16)22)10-6-20(9)14(24)21(10)29-30(25,26)27/h5,9-10H,4,6-7H2,1-3H3,(H2,16,22)(H,17,23)(H,25,26,27)/t9-,10-/m1/s1. The number of aromatic nitrogens is 2. The van der Waals surface area contributed by atoms with E-state index in [-0.39, 0.29) is 19.6 Å². The molecule has 1 aromatic heterocycles. The molecule has 0 unspecified atom stereocenters. The Morgan fingerprint density at radius 3 is 2.63 bits per heavy atom. The number of amides is 4. The number of nitrogens with one attached hydrogen (secondary N) is 1. The van der Waals surface area contributed by atoms with Gasteiger partial charge in [-0.2, -0.15) is 18.6 Å². The van der Waals surface area contributed by atoms with Crippen molar-refractivity contribution in [3.63, 3.8) is 0 Å². The second-order valence-electron chi connectivity index (χ2n) is 7.81. The molecular weight excluding hydrogens is 424 g/mol. The summed E-state index contributed by atoms with van der Waals surface area (Å²) >= 11 is 0. The molecule has 0 radical (unpaired) electrons. The van der Waals surface area contributed by atoms with Gasteiger partial charge in [0.15, 0.2) is 0 Å². The van der Waals surface area contributed by atoms with Crippen LogP contribution in [-0.2, 0) is 30.8 Å². The van der Waals surface area contributed by atoms with Gasteiger partial charge in [0.05, 0.1) is 18.3 Å². The highest BCUT2D eigenvalue weighted by Crippen LogP contribution is 2.43. The van der Waals surface area contributed by atoms with Crippen molar-refractivity contribution in [3.8, 4) is 0 Å². The summed E-state index contributed by atoms with van der Waals surface area (Å²) in [6.45, 7) is 4.72. The first kappa shape index (κ1) is 21.8. The summed E-state index contributed by atoms with van der Waals surface area (Å²) in [5.74, 6) is -0.661. The lowest BCUT2D eigenvalue weighted by Gasteiger charge is -2.30. The highest BCUT2D eigenvalue weighted by molar-refractivity contribution is 7.80. The van der Waals surface area contributed by atoms with Crippen molar-refractivity contribution in [3.05, 3.63) is 17.5 Å². The molecule has 4 amide bonds. The van der Waals surface area contributed by atoms with Gasteiger partial charge in [-0.05, 0) is 20.8 Å². The zero-order valence-electron chi connectivity index (χ0n) is 16.4. The van der Waals surface area contributed by atoms with Crippen molar-refractivity contribution in [2.75, 3.05) is 13.1 Å². The summed E-state index contributed by atoms with van der Waals surface area (Å²) in [7, 11) is -4.97. The van der Waals surface area contributed by atoms with Crippen LogP contribution in [0.4, 0.5) is 9.59 Å². The van der Waals surface area contributed by atoms with Gasteiger partial charge >= 0.3 is 22.5 Å². The van der Waals surface area contributed by atoms with Crippen LogP contribution in [0.15, 0.2) is 6.20 Å². The van der Waals surface area contributed by atoms with E-state index in [4.69, 9.17) is 15.0 Å². The van der Waals surface area contributed by atoms with Crippen LogP contribution in [-0.4, -0.2) is 69.4 Å². The normalized spacial score (nSPS) is 20.9. The Morgan fingerprint density at radius 2 is 2.07 bits per heavy atom. The van der Waals surface area contributed by atoms with Crippen LogP contribution in [0.25, 0.3) is 0 Å². The molecule has 2 aliphatic heterocycles. The minimum atomic E-state index is -4.97. The smallest absolute Gasteiger partial charge is 0.418 e. The molecule has 0 aliphatic carbocycles. The Bertz CT molecular complexity index is 984. The monoisotopic (exact) mass is 446 g/mol. The van der Waals surface area contributed by atoms with Gasteiger partial charge in [-0.25, -0.2) is 9.59 Å². The maximum Gasteiger partial charge on any atom is 0.418 e. The lowest BCUT2D eigenvalue weighted by atomic mass is 9.98. The van der Waals surface area contributed by atoms with Crippen LogP contribution >= 0.6 is 0 Å². The van der Waals surface area contributed by atoms with Crippen LogP contribution in [0.2, 0.25) is 0 Å². The number of hydrogen-bond donors (Lipinski definition) is 3. The van der Waals surface area contributed by atoms with Crippen LogP contribution in [0.3, 0.4) is 0 Å². The van der Waals surface area contributed by atoms with Gasteiger partial charge in [-0.1, -0.05) is 0 Å². The number of primary amides is 1. The van der Waals surface area contributed by atoms with E-state index in [1.165, 1.54) is 15.8 Å². The second kappa shape index (κ2) is 7.41. The van der Waals surface area contributed by atoms with Gasteiger partial charge in [0.1, 0.15) is 18.2 Å². The first-order valence-corrected chi connectivity index (χ1v) is 10.2. The number of nitrogens with two attached hydrogens (primary N) is 1. The zero-order chi connectivity index (χ0) is 22.4.